The van der Waals surface area contributed by atoms with E-state index in [4.69, 9.17) is 5.11 Å². The second-order valence-corrected chi connectivity index (χ2v) is 14.0. The number of aromatic nitrogens is 2. The topological polar surface area (TPSA) is 63.5 Å². The highest BCUT2D eigenvalue weighted by atomic mass is 28.3. The number of fused-ring (bicyclic) bond motifs is 2. The van der Waals surface area contributed by atoms with Gasteiger partial charge in [-0.25, -0.2) is 9.55 Å². The maximum Gasteiger partial charge on any atom is 0.307 e. The van der Waals surface area contributed by atoms with Crippen LogP contribution in [-0.4, -0.2) is 52.3 Å². The Bertz CT molecular complexity index is 1290. The molecule has 6 nitrogen and oxygen atoms in total. The summed E-state index contributed by atoms with van der Waals surface area (Å²) >= 11 is 0. The fourth-order valence-electron chi connectivity index (χ4n) is 4.73. The molecule has 1 aliphatic rings. The zero-order valence-corrected chi connectivity index (χ0v) is 21.4. The Hall–Kier alpha value is -3.32. The Kier molecular flexibility index (Phi) is 5.70. The maximum atomic E-state index is 11.1. The van der Waals surface area contributed by atoms with Gasteiger partial charge in [0.05, 0.1) is 6.42 Å². The first-order chi connectivity index (χ1) is 15.5. The molecule has 1 aliphatic heterocycles. The summed E-state index contributed by atoms with van der Waals surface area (Å²) in [7, 11) is 6.31. The van der Waals surface area contributed by atoms with E-state index in [-0.39, 0.29) is 6.42 Å². The summed E-state index contributed by atoms with van der Waals surface area (Å²) in [5.74, 6) is -0.814. The van der Waals surface area contributed by atoms with E-state index in [0.29, 0.717) is 6.54 Å². The van der Waals surface area contributed by atoms with Crippen molar-refractivity contribution in [1.29, 1.82) is 0 Å². The number of carboxylic acid groups (broad SMARTS) is 1. The average Bonchev–Trinajstić information content (AvgIpc) is 3.12. The number of anilines is 2. The van der Waals surface area contributed by atoms with Gasteiger partial charge in [0.15, 0.2) is 10.7 Å². The number of carboxylic acids is 1. The van der Waals surface area contributed by atoms with Crippen molar-refractivity contribution in [2.45, 2.75) is 26.1 Å². The molecule has 33 heavy (non-hydrogen) atoms. The summed E-state index contributed by atoms with van der Waals surface area (Å²) in [4.78, 5) is 18.8. The van der Waals surface area contributed by atoms with E-state index in [0.717, 1.165) is 16.3 Å². The molecule has 2 heterocycles. The number of aromatic amines is 1. The van der Waals surface area contributed by atoms with E-state index in [1.54, 1.807) is 0 Å². The molecule has 0 amide bonds. The number of aliphatic carboxylic acids is 1. The Balaban J connectivity index is 2.07. The highest BCUT2D eigenvalue weighted by Crippen LogP contribution is 2.30. The Morgan fingerprint density at radius 1 is 1.00 bits per heavy atom. The van der Waals surface area contributed by atoms with Crippen LogP contribution in [0.3, 0.4) is 0 Å². The number of aryl methyl sites for hydroxylation is 1. The van der Waals surface area contributed by atoms with Crippen molar-refractivity contribution >= 4 is 47.9 Å². The molecule has 0 radical (unpaired) electrons. The summed E-state index contributed by atoms with van der Waals surface area (Å²) in [5.41, 5.74) is 6.00. The second-order valence-electron chi connectivity index (χ2n) is 9.68. The molecule has 0 atom stereocenters. The van der Waals surface area contributed by atoms with Crippen LogP contribution in [0, 0.1) is 0 Å². The summed E-state index contributed by atoms with van der Waals surface area (Å²) < 4.78 is 1.90. The van der Waals surface area contributed by atoms with Crippen LogP contribution in [0.2, 0.25) is 13.1 Å². The maximum absolute atomic E-state index is 11.1. The quantitative estimate of drug-likeness (QED) is 0.434. The highest BCUT2D eigenvalue weighted by Gasteiger charge is 2.38. The molecule has 172 valence electrons. The van der Waals surface area contributed by atoms with Crippen LogP contribution in [0.5, 0.6) is 0 Å². The molecule has 0 aliphatic carbocycles. The van der Waals surface area contributed by atoms with E-state index in [2.05, 4.69) is 99.0 Å². The van der Waals surface area contributed by atoms with Gasteiger partial charge in [0, 0.05) is 45.1 Å². The van der Waals surface area contributed by atoms with Gasteiger partial charge in [-0.2, -0.15) is 0 Å². The number of hydrogen-bond acceptors (Lipinski definition) is 3. The zero-order valence-electron chi connectivity index (χ0n) is 20.4. The predicted molar refractivity (Wildman–Crippen MR) is 138 cm³/mol. The molecular formula is C26H33N4O2Si+. The predicted octanol–water partition coefficient (Wildman–Crippen LogP) is 0.703. The summed E-state index contributed by atoms with van der Waals surface area (Å²) in [6, 6.07) is 13.5. The Morgan fingerprint density at radius 2 is 1.52 bits per heavy atom. The van der Waals surface area contributed by atoms with Crippen molar-refractivity contribution in [2.75, 3.05) is 38.0 Å². The smallest absolute Gasteiger partial charge is 0.307 e. The molecule has 1 aromatic heterocycles. The number of hydrogen-bond donors (Lipinski definition) is 2. The standard InChI is InChI=1S/C26H32N4O2Si/c1-17-26(27-16-30(17)13-12-24(31)32)25-20-10-8-18(28(2)3)14-22(20)33(6,7)23-15-19(29(4)5)9-11-21(23)25/h8-11,14-16H,1,12-13H2,2-7H3,(H,31,32)/p+1. The van der Waals surface area contributed by atoms with E-state index >= 15 is 0 Å². The molecular weight excluding hydrogens is 428 g/mol. The van der Waals surface area contributed by atoms with Crippen LogP contribution < -0.4 is 35.4 Å². The van der Waals surface area contributed by atoms with Crippen molar-refractivity contribution in [3.8, 4) is 0 Å². The van der Waals surface area contributed by atoms with Gasteiger partial charge in [-0.15, -0.1) is 0 Å². The second kappa shape index (κ2) is 8.23. The number of carbonyl (C=O) groups is 1. The third-order valence-corrected chi connectivity index (χ3v) is 10.3. The first-order valence-electron chi connectivity index (χ1n) is 11.2. The molecule has 0 bridgehead atoms. The molecule has 7 heteroatoms. The van der Waals surface area contributed by atoms with Gasteiger partial charge < -0.3 is 14.9 Å². The molecule has 3 aromatic rings. The molecule has 0 spiro atoms. The van der Waals surface area contributed by atoms with Crippen LogP contribution in [0.1, 0.15) is 17.5 Å². The van der Waals surface area contributed by atoms with Crippen molar-refractivity contribution in [2.24, 2.45) is 0 Å². The summed E-state index contributed by atoms with van der Waals surface area (Å²) in [6.07, 6.45) is 1.90. The van der Waals surface area contributed by atoms with Crippen molar-refractivity contribution in [3.05, 3.63) is 64.6 Å². The number of rotatable bonds is 5. The minimum Gasteiger partial charge on any atom is -0.481 e. The molecule has 0 unspecified atom stereocenters. The number of H-pyrrole nitrogens is 1. The largest absolute Gasteiger partial charge is 0.481 e. The van der Waals surface area contributed by atoms with Crippen LogP contribution in [0.15, 0.2) is 42.7 Å². The minimum absolute atomic E-state index is 0.0608. The van der Waals surface area contributed by atoms with E-state index in [1.165, 1.54) is 32.9 Å². The number of imidazole rings is 1. The number of nitrogens with one attached hydrogen (secondary N) is 1. The van der Waals surface area contributed by atoms with Crippen LogP contribution in [-0.2, 0) is 11.3 Å². The monoisotopic (exact) mass is 461 g/mol. The van der Waals surface area contributed by atoms with Crippen LogP contribution in [0.4, 0.5) is 11.4 Å². The van der Waals surface area contributed by atoms with Gasteiger partial charge in [-0.05, 0) is 52.3 Å². The van der Waals surface area contributed by atoms with Gasteiger partial charge in [-0.1, -0.05) is 25.2 Å². The van der Waals surface area contributed by atoms with Gasteiger partial charge in [0.1, 0.15) is 14.6 Å². The van der Waals surface area contributed by atoms with Crippen molar-refractivity contribution in [1.82, 2.24) is 4.98 Å². The molecule has 0 saturated heterocycles. The van der Waals surface area contributed by atoms with Crippen LogP contribution >= 0.6 is 0 Å². The average molecular weight is 462 g/mol. The first kappa shape index (κ1) is 22.9. The third-order valence-electron chi connectivity index (χ3n) is 6.74. The zero-order chi connectivity index (χ0) is 24.1. The molecule has 4 rings (SSSR count). The lowest BCUT2D eigenvalue weighted by atomic mass is 9.95. The number of benzene rings is 2. The highest BCUT2D eigenvalue weighted by molar-refractivity contribution is 7.02. The van der Waals surface area contributed by atoms with E-state index in [1.807, 2.05) is 10.9 Å². The third kappa shape index (κ3) is 3.86. The van der Waals surface area contributed by atoms with Crippen LogP contribution in [0.25, 0.3) is 12.2 Å². The van der Waals surface area contributed by atoms with Gasteiger partial charge >= 0.3 is 5.97 Å². The lowest BCUT2D eigenvalue weighted by Crippen LogP contribution is -2.59. The minimum atomic E-state index is -1.99. The summed E-state index contributed by atoms with van der Waals surface area (Å²) in [5, 5.41) is 13.7. The van der Waals surface area contributed by atoms with E-state index in [9.17, 15) is 4.79 Å². The summed E-state index contributed by atoms with van der Waals surface area (Å²) in [6.45, 7) is 9.55. The lowest BCUT2D eigenvalue weighted by molar-refractivity contribution is -0.707. The van der Waals surface area contributed by atoms with Gasteiger partial charge in [-0.3, -0.25) is 4.79 Å². The Morgan fingerprint density at radius 3 is 1.97 bits per heavy atom. The van der Waals surface area contributed by atoms with Gasteiger partial charge in [0.25, 0.3) is 0 Å². The lowest BCUT2D eigenvalue weighted by Gasteiger charge is -2.36. The Labute approximate surface area is 196 Å². The van der Waals surface area contributed by atoms with Crippen molar-refractivity contribution in [3.63, 3.8) is 0 Å². The molecule has 2 aromatic carbocycles. The van der Waals surface area contributed by atoms with Gasteiger partial charge in [0.2, 0.25) is 6.33 Å². The van der Waals surface area contributed by atoms with E-state index < -0.39 is 14.0 Å². The normalized spacial score (nSPS) is 13.9. The molecule has 2 N–H and O–H groups in total. The molecule has 0 fully saturated rings. The SMILES string of the molecule is C=c1c(=C2c3ccc(N(C)C)cc3[Si](C)(C)c3cc(N(C)C)ccc32)[nH]c[n+]1CCC(=O)O. The van der Waals surface area contributed by atoms with Crippen molar-refractivity contribution < 1.29 is 14.5 Å². The number of nitrogens with zero attached hydrogens (tertiary/aromatic N) is 3. The fraction of sp³-hybridized carbons (Fsp3) is 0.308. The molecule has 0 saturated carbocycles. The fourth-order valence-corrected chi connectivity index (χ4v) is 7.80. The first-order valence-corrected chi connectivity index (χ1v) is 14.2.